The van der Waals surface area contributed by atoms with E-state index < -0.39 is 11.9 Å². The summed E-state index contributed by atoms with van der Waals surface area (Å²) in [5, 5.41) is 12.8. The number of benzene rings is 2. The number of anilines is 1. The lowest BCUT2D eigenvalue weighted by molar-refractivity contribution is -0.144. The minimum atomic E-state index is -1.00. The van der Waals surface area contributed by atoms with Crippen LogP contribution in [-0.2, 0) is 9.59 Å². The van der Waals surface area contributed by atoms with Crippen LogP contribution in [0.2, 0.25) is 10.0 Å². The van der Waals surface area contributed by atoms with Crippen molar-refractivity contribution in [3.8, 4) is 0 Å². The van der Waals surface area contributed by atoms with E-state index in [1.807, 2.05) is 30.3 Å². The highest BCUT2D eigenvalue weighted by atomic mass is 35.5. The van der Waals surface area contributed by atoms with Crippen LogP contribution in [0.5, 0.6) is 0 Å². The SMILES string of the molecule is C[C@H](c1ccccc1)[C@H](CC(=O)Nc1ccc(Cl)c(Cl)c1)C(=O)O. The first-order valence-electron chi connectivity index (χ1n) is 7.41. The van der Waals surface area contributed by atoms with Gasteiger partial charge in [-0.1, -0.05) is 60.5 Å². The number of hydrogen-bond donors (Lipinski definition) is 2. The first-order chi connectivity index (χ1) is 11.4. The largest absolute Gasteiger partial charge is 0.481 e. The van der Waals surface area contributed by atoms with Crippen LogP contribution >= 0.6 is 23.2 Å². The van der Waals surface area contributed by atoms with E-state index in [9.17, 15) is 14.7 Å². The van der Waals surface area contributed by atoms with Crippen molar-refractivity contribution in [2.45, 2.75) is 19.3 Å². The molecule has 4 nitrogen and oxygen atoms in total. The summed E-state index contributed by atoms with van der Waals surface area (Å²) >= 11 is 11.7. The van der Waals surface area contributed by atoms with E-state index in [0.717, 1.165) is 5.56 Å². The Bertz CT molecular complexity index is 734. The highest BCUT2D eigenvalue weighted by Crippen LogP contribution is 2.28. The molecule has 2 rings (SSSR count). The Kier molecular flexibility index (Phi) is 6.23. The van der Waals surface area contributed by atoms with E-state index in [0.29, 0.717) is 15.7 Å². The zero-order valence-corrected chi connectivity index (χ0v) is 14.5. The lowest BCUT2D eigenvalue weighted by atomic mass is 9.85. The van der Waals surface area contributed by atoms with E-state index in [-0.39, 0.29) is 18.2 Å². The smallest absolute Gasteiger partial charge is 0.307 e. The van der Waals surface area contributed by atoms with Gasteiger partial charge in [0.2, 0.25) is 5.91 Å². The molecule has 0 bridgehead atoms. The molecule has 0 saturated heterocycles. The van der Waals surface area contributed by atoms with Gasteiger partial charge in [-0.15, -0.1) is 0 Å². The summed E-state index contributed by atoms with van der Waals surface area (Å²) in [6, 6.07) is 14.0. The second-order valence-electron chi connectivity index (χ2n) is 5.53. The van der Waals surface area contributed by atoms with E-state index in [4.69, 9.17) is 23.2 Å². The summed E-state index contributed by atoms with van der Waals surface area (Å²) < 4.78 is 0. The molecule has 24 heavy (non-hydrogen) atoms. The summed E-state index contributed by atoms with van der Waals surface area (Å²) in [7, 11) is 0. The fourth-order valence-corrected chi connectivity index (χ4v) is 2.75. The van der Waals surface area contributed by atoms with Crippen LogP contribution in [0.3, 0.4) is 0 Å². The number of nitrogens with one attached hydrogen (secondary N) is 1. The second kappa shape index (κ2) is 8.18. The van der Waals surface area contributed by atoms with Gasteiger partial charge in [0.05, 0.1) is 16.0 Å². The maximum Gasteiger partial charge on any atom is 0.307 e. The van der Waals surface area contributed by atoms with Crippen LogP contribution in [0.25, 0.3) is 0 Å². The summed E-state index contributed by atoms with van der Waals surface area (Å²) in [4.78, 5) is 23.8. The summed E-state index contributed by atoms with van der Waals surface area (Å²) in [5.41, 5.74) is 1.36. The Balaban J connectivity index is 2.08. The molecule has 126 valence electrons. The molecule has 0 radical (unpaired) electrons. The van der Waals surface area contributed by atoms with E-state index in [2.05, 4.69) is 5.32 Å². The molecule has 0 aliphatic heterocycles. The van der Waals surface area contributed by atoms with Crippen LogP contribution in [-0.4, -0.2) is 17.0 Å². The molecular formula is C18H17Cl2NO3. The van der Waals surface area contributed by atoms with Crippen molar-refractivity contribution in [2.24, 2.45) is 5.92 Å². The highest BCUT2D eigenvalue weighted by Gasteiger charge is 2.28. The van der Waals surface area contributed by atoms with Gasteiger partial charge < -0.3 is 10.4 Å². The predicted octanol–water partition coefficient (Wildman–Crippen LogP) is 4.83. The first-order valence-corrected chi connectivity index (χ1v) is 8.16. The molecule has 0 aliphatic rings. The van der Waals surface area contributed by atoms with E-state index in [1.165, 1.54) is 6.07 Å². The zero-order valence-electron chi connectivity index (χ0n) is 13.0. The Hall–Kier alpha value is -2.04. The van der Waals surface area contributed by atoms with Crippen molar-refractivity contribution in [1.29, 1.82) is 0 Å². The van der Waals surface area contributed by atoms with Crippen molar-refractivity contribution in [2.75, 3.05) is 5.32 Å². The summed E-state index contributed by atoms with van der Waals surface area (Å²) in [5.74, 6) is -2.50. The van der Waals surface area contributed by atoms with Gasteiger partial charge >= 0.3 is 5.97 Å². The van der Waals surface area contributed by atoms with Gasteiger partial charge in [-0.3, -0.25) is 9.59 Å². The van der Waals surface area contributed by atoms with Crippen molar-refractivity contribution in [3.05, 3.63) is 64.1 Å². The molecule has 0 heterocycles. The molecular weight excluding hydrogens is 349 g/mol. The number of hydrogen-bond acceptors (Lipinski definition) is 2. The van der Waals surface area contributed by atoms with Gasteiger partial charge in [-0.05, 0) is 29.7 Å². The molecule has 0 aromatic heterocycles. The van der Waals surface area contributed by atoms with Crippen LogP contribution in [0, 0.1) is 5.92 Å². The number of amides is 1. The third-order valence-corrected chi connectivity index (χ3v) is 4.59. The molecule has 0 spiro atoms. The number of carbonyl (C=O) groups is 2. The Morgan fingerprint density at radius 1 is 1.08 bits per heavy atom. The maximum absolute atomic E-state index is 12.2. The fraction of sp³-hybridized carbons (Fsp3) is 0.222. The van der Waals surface area contributed by atoms with Gasteiger partial charge in [-0.25, -0.2) is 0 Å². The standard InChI is InChI=1S/C18H17Cl2NO3/c1-11(12-5-3-2-4-6-12)14(18(23)24)10-17(22)21-13-7-8-15(19)16(20)9-13/h2-9,11,14H,10H2,1H3,(H,21,22)(H,23,24)/t11-,14+/m1/s1. The van der Waals surface area contributed by atoms with Crippen LogP contribution in [0.15, 0.2) is 48.5 Å². The minimum Gasteiger partial charge on any atom is -0.481 e. The Morgan fingerprint density at radius 2 is 1.75 bits per heavy atom. The Labute approximate surface area is 150 Å². The van der Waals surface area contributed by atoms with Crippen molar-refractivity contribution >= 4 is 40.8 Å². The number of carbonyl (C=O) groups excluding carboxylic acids is 1. The normalized spacial score (nSPS) is 13.1. The molecule has 2 N–H and O–H groups in total. The van der Waals surface area contributed by atoms with Gasteiger partial charge in [0.1, 0.15) is 0 Å². The average Bonchev–Trinajstić information content (AvgIpc) is 2.56. The molecule has 6 heteroatoms. The number of aliphatic carboxylic acids is 1. The third-order valence-electron chi connectivity index (χ3n) is 3.85. The monoisotopic (exact) mass is 365 g/mol. The number of halogens is 2. The molecule has 0 saturated carbocycles. The van der Waals surface area contributed by atoms with E-state index in [1.54, 1.807) is 19.1 Å². The average molecular weight is 366 g/mol. The van der Waals surface area contributed by atoms with Gasteiger partial charge in [0.25, 0.3) is 0 Å². The molecule has 1 amide bonds. The quantitative estimate of drug-likeness (QED) is 0.770. The van der Waals surface area contributed by atoms with Crippen LogP contribution in [0.1, 0.15) is 24.8 Å². The first kappa shape index (κ1) is 18.3. The third kappa shape index (κ3) is 4.73. The van der Waals surface area contributed by atoms with Gasteiger partial charge in [0, 0.05) is 12.1 Å². The molecule has 2 atom stereocenters. The molecule has 2 aromatic rings. The molecule has 0 fully saturated rings. The van der Waals surface area contributed by atoms with Crippen molar-refractivity contribution in [1.82, 2.24) is 0 Å². The van der Waals surface area contributed by atoms with Crippen molar-refractivity contribution < 1.29 is 14.7 Å². The summed E-state index contributed by atoms with van der Waals surface area (Å²) in [6.45, 7) is 1.81. The zero-order chi connectivity index (χ0) is 17.7. The molecule has 2 aromatic carbocycles. The number of rotatable bonds is 6. The van der Waals surface area contributed by atoms with Crippen LogP contribution in [0.4, 0.5) is 5.69 Å². The van der Waals surface area contributed by atoms with Gasteiger partial charge in [0.15, 0.2) is 0 Å². The molecule has 0 unspecified atom stereocenters. The Morgan fingerprint density at radius 3 is 2.33 bits per heavy atom. The highest BCUT2D eigenvalue weighted by molar-refractivity contribution is 6.42. The van der Waals surface area contributed by atoms with E-state index >= 15 is 0 Å². The number of carboxylic acids is 1. The predicted molar refractivity (Wildman–Crippen MR) is 95.7 cm³/mol. The topological polar surface area (TPSA) is 66.4 Å². The lowest BCUT2D eigenvalue weighted by Crippen LogP contribution is -2.26. The van der Waals surface area contributed by atoms with Crippen LogP contribution < -0.4 is 5.32 Å². The number of carboxylic acid groups (broad SMARTS) is 1. The minimum absolute atomic E-state index is 0.133. The molecule has 0 aliphatic carbocycles. The second-order valence-corrected chi connectivity index (χ2v) is 6.34. The lowest BCUT2D eigenvalue weighted by Gasteiger charge is -2.20. The summed E-state index contributed by atoms with van der Waals surface area (Å²) in [6.07, 6.45) is -0.133. The fourth-order valence-electron chi connectivity index (χ4n) is 2.45. The maximum atomic E-state index is 12.2. The van der Waals surface area contributed by atoms with Crippen molar-refractivity contribution in [3.63, 3.8) is 0 Å². The van der Waals surface area contributed by atoms with Gasteiger partial charge in [-0.2, -0.15) is 0 Å².